The summed E-state index contributed by atoms with van der Waals surface area (Å²) in [6.45, 7) is 1.70. The zero-order chi connectivity index (χ0) is 10.8. The van der Waals surface area contributed by atoms with Crippen molar-refractivity contribution in [3.05, 3.63) is 5.82 Å². The van der Waals surface area contributed by atoms with Crippen molar-refractivity contribution in [3.63, 3.8) is 0 Å². The summed E-state index contributed by atoms with van der Waals surface area (Å²) in [6, 6.07) is 0.232. The normalized spacial score (nSPS) is 24.7. The van der Waals surface area contributed by atoms with Crippen LogP contribution in [-0.4, -0.2) is 22.2 Å². The summed E-state index contributed by atoms with van der Waals surface area (Å²) in [4.78, 5) is 14.9. The lowest BCUT2D eigenvalue weighted by molar-refractivity contribution is -0.135. The highest BCUT2D eigenvalue weighted by molar-refractivity contribution is 5.70. The van der Waals surface area contributed by atoms with Crippen LogP contribution in [0.4, 0.5) is 0 Å². The lowest BCUT2D eigenvalue weighted by Gasteiger charge is -2.29. The van der Waals surface area contributed by atoms with Gasteiger partial charge in [0.2, 0.25) is 0 Å². The van der Waals surface area contributed by atoms with E-state index in [0.717, 1.165) is 12.8 Å². The predicted molar refractivity (Wildman–Crippen MR) is 50.2 cm³/mol. The largest absolute Gasteiger partial charge is 0.425 e. The van der Waals surface area contributed by atoms with E-state index < -0.39 is 0 Å². The lowest BCUT2D eigenvalue weighted by atomic mass is 9.80. The van der Waals surface area contributed by atoms with Crippen molar-refractivity contribution in [2.24, 2.45) is 5.73 Å². The number of carbonyl (C=O) groups excluding carboxylic acids is 1. The van der Waals surface area contributed by atoms with Crippen molar-refractivity contribution in [2.45, 2.75) is 38.1 Å². The summed E-state index contributed by atoms with van der Waals surface area (Å²) in [5.41, 5.74) is 5.64. The second-order valence-electron chi connectivity index (χ2n) is 3.67. The zero-order valence-corrected chi connectivity index (χ0v) is 8.47. The number of hydrogen-bond donors (Lipinski definition) is 1. The first kappa shape index (κ1) is 10.1. The molecule has 1 aliphatic carbocycles. The molecule has 6 heteroatoms. The Bertz CT molecular complexity index is 357. The maximum absolute atomic E-state index is 10.9. The minimum Gasteiger partial charge on any atom is -0.376 e. The van der Waals surface area contributed by atoms with Gasteiger partial charge in [-0.3, -0.25) is 9.32 Å². The Morgan fingerprint density at radius 3 is 3.00 bits per heavy atom. The molecular formula is C9H13N3O3. The van der Waals surface area contributed by atoms with Crippen LogP contribution in [0.25, 0.3) is 0 Å². The molecule has 6 nitrogen and oxygen atoms in total. The van der Waals surface area contributed by atoms with Crippen molar-refractivity contribution < 1.29 is 14.1 Å². The van der Waals surface area contributed by atoms with Gasteiger partial charge in [0.25, 0.3) is 0 Å². The third kappa shape index (κ3) is 2.15. The Labute approximate surface area is 86.8 Å². The molecule has 1 aromatic heterocycles. The SMILES string of the molecule is CCC(=O)Oc1nc(C2CC(N)C2)no1. The van der Waals surface area contributed by atoms with Crippen LogP contribution in [0.2, 0.25) is 0 Å². The van der Waals surface area contributed by atoms with E-state index in [9.17, 15) is 4.79 Å². The first-order valence-corrected chi connectivity index (χ1v) is 4.99. The highest BCUT2D eigenvalue weighted by atomic mass is 16.7. The molecule has 0 unspecified atom stereocenters. The molecule has 0 radical (unpaired) electrons. The van der Waals surface area contributed by atoms with Crippen LogP contribution < -0.4 is 10.5 Å². The van der Waals surface area contributed by atoms with Crippen molar-refractivity contribution in [1.82, 2.24) is 10.1 Å². The minimum atomic E-state index is -0.379. The topological polar surface area (TPSA) is 91.2 Å². The zero-order valence-electron chi connectivity index (χ0n) is 8.47. The number of nitrogens with two attached hydrogens (primary N) is 1. The molecule has 1 heterocycles. The molecule has 0 spiro atoms. The summed E-state index contributed by atoms with van der Waals surface area (Å²) in [7, 11) is 0. The lowest BCUT2D eigenvalue weighted by Crippen LogP contribution is -2.35. The van der Waals surface area contributed by atoms with Gasteiger partial charge >= 0.3 is 12.0 Å². The highest BCUT2D eigenvalue weighted by Gasteiger charge is 2.31. The maximum Gasteiger partial charge on any atom is 0.425 e. The number of carbonyl (C=O) groups is 1. The molecular weight excluding hydrogens is 198 g/mol. The molecule has 0 aromatic carbocycles. The van der Waals surface area contributed by atoms with Crippen LogP contribution in [0.5, 0.6) is 6.08 Å². The fourth-order valence-electron chi connectivity index (χ4n) is 1.47. The Balaban J connectivity index is 1.95. The van der Waals surface area contributed by atoms with Gasteiger partial charge in [-0.1, -0.05) is 12.1 Å². The molecule has 2 N–H and O–H groups in total. The Morgan fingerprint density at radius 2 is 2.40 bits per heavy atom. The van der Waals surface area contributed by atoms with Crippen LogP contribution in [0.3, 0.4) is 0 Å². The summed E-state index contributed by atoms with van der Waals surface area (Å²) in [5.74, 6) is 0.448. The van der Waals surface area contributed by atoms with Gasteiger partial charge in [0.1, 0.15) is 0 Å². The van der Waals surface area contributed by atoms with E-state index in [2.05, 4.69) is 10.1 Å². The number of rotatable bonds is 3. The molecule has 1 aliphatic rings. The third-order valence-corrected chi connectivity index (χ3v) is 2.45. The molecule has 0 aliphatic heterocycles. The van der Waals surface area contributed by atoms with Crippen LogP contribution in [-0.2, 0) is 4.79 Å². The number of esters is 1. The summed E-state index contributed by atoms with van der Waals surface area (Å²) >= 11 is 0. The standard InChI is InChI=1S/C9H13N3O3/c1-2-7(13)14-9-11-8(12-15-9)5-3-6(10)4-5/h5-6H,2-4,10H2,1H3. The van der Waals surface area contributed by atoms with Gasteiger partial charge in [-0.15, -0.1) is 0 Å². The number of nitrogens with zero attached hydrogens (tertiary/aromatic N) is 2. The minimum absolute atomic E-state index is 0.0719. The summed E-state index contributed by atoms with van der Waals surface area (Å²) < 4.78 is 9.56. The fourth-order valence-corrected chi connectivity index (χ4v) is 1.47. The molecule has 1 fully saturated rings. The Kier molecular flexibility index (Phi) is 2.68. The van der Waals surface area contributed by atoms with E-state index in [1.165, 1.54) is 0 Å². The summed E-state index contributed by atoms with van der Waals surface area (Å²) in [6.07, 6.45) is 1.94. The van der Waals surface area contributed by atoms with E-state index in [4.69, 9.17) is 15.0 Å². The van der Waals surface area contributed by atoms with Crippen LogP contribution in [0.15, 0.2) is 4.52 Å². The Hall–Kier alpha value is -1.43. The molecule has 0 atom stereocenters. The molecule has 1 saturated carbocycles. The molecule has 0 saturated heterocycles. The van der Waals surface area contributed by atoms with Crippen molar-refractivity contribution >= 4 is 5.97 Å². The van der Waals surface area contributed by atoms with Crippen molar-refractivity contribution in [1.29, 1.82) is 0 Å². The molecule has 2 rings (SSSR count). The number of ether oxygens (including phenoxy) is 1. The van der Waals surface area contributed by atoms with E-state index in [1.807, 2.05) is 0 Å². The van der Waals surface area contributed by atoms with Crippen molar-refractivity contribution in [2.75, 3.05) is 0 Å². The molecule has 1 aromatic rings. The molecule has 82 valence electrons. The van der Waals surface area contributed by atoms with Crippen LogP contribution in [0, 0.1) is 0 Å². The third-order valence-electron chi connectivity index (χ3n) is 2.45. The quantitative estimate of drug-likeness (QED) is 0.735. The van der Waals surface area contributed by atoms with Crippen LogP contribution >= 0.6 is 0 Å². The first-order valence-electron chi connectivity index (χ1n) is 4.99. The maximum atomic E-state index is 10.9. The average molecular weight is 211 g/mol. The van der Waals surface area contributed by atoms with Gasteiger partial charge in [-0.05, 0) is 12.8 Å². The molecule has 15 heavy (non-hydrogen) atoms. The van der Waals surface area contributed by atoms with E-state index in [-0.39, 0.29) is 30.4 Å². The molecule has 0 amide bonds. The van der Waals surface area contributed by atoms with Gasteiger partial charge < -0.3 is 10.5 Å². The highest BCUT2D eigenvalue weighted by Crippen LogP contribution is 2.34. The Morgan fingerprint density at radius 1 is 1.67 bits per heavy atom. The van der Waals surface area contributed by atoms with E-state index in [0.29, 0.717) is 5.82 Å². The summed E-state index contributed by atoms with van der Waals surface area (Å²) in [5, 5.41) is 3.74. The average Bonchev–Trinajstić information content (AvgIpc) is 2.61. The van der Waals surface area contributed by atoms with E-state index in [1.54, 1.807) is 6.92 Å². The van der Waals surface area contributed by atoms with Gasteiger partial charge in [0.15, 0.2) is 5.82 Å². The number of hydrogen-bond acceptors (Lipinski definition) is 6. The number of aromatic nitrogens is 2. The predicted octanol–water partition coefficient (Wildman–Crippen LogP) is 0.590. The smallest absolute Gasteiger partial charge is 0.376 e. The van der Waals surface area contributed by atoms with Crippen molar-refractivity contribution in [3.8, 4) is 6.08 Å². The van der Waals surface area contributed by atoms with E-state index >= 15 is 0 Å². The van der Waals surface area contributed by atoms with Gasteiger partial charge in [-0.2, -0.15) is 4.98 Å². The first-order chi connectivity index (χ1) is 7.19. The monoisotopic (exact) mass is 211 g/mol. The van der Waals surface area contributed by atoms with Gasteiger partial charge in [-0.25, -0.2) is 0 Å². The fraction of sp³-hybridized carbons (Fsp3) is 0.667. The van der Waals surface area contributed by atoms with Crippen LogP contribution in [0.1, 0.15) is 37.9 Å². The second kappa shape index (κ2) is 3.98. The molecule has 0 bridgehead atoms. The van der Waals surface area contributed by atoms with Gasteiger partial charge in [0.05, 0.1) is 0 Å². The second-order valence-corrected chi connectivity index (χ2v) is 3.67. The van der Waals surface area contributed by atoms with Gasteiger partial charge in [0, 0.05) is 18.4 Å².